The molecule has 4 nitrogen and oxygen atoms in total. The number of nitrogens with one attached hydrogen (secondary N) is 1. The minimum absolute atomic E-state index is 0.391. The molecule has 1 atom stereocenters. The third kappa shape index (κ3) is 5.46. The zero-order valence-corrected chi connectivity index (χ0v) is 29.8. The first-order chi connectivity index (χ1) is 27.2. The van der Waals surface area contributed by atoms with Gasteiger partial charge in [0.25, 0.3) is 0 Å². The monoisotopic (exact) mass is 703 g/mol. The SMILES string of the molecule is c1ccc2cc(C3=NC(c4ccc(-c5ccc6ccccc6c5)cc4)NC(c4c(-c5ccc6ccccc6c5)ccc5oc6ccccc6c45)=N3)ccc2c1. The van der Waals surface area contributed by atoms with Crippen molar-refractivity contribution < 1.29 is 4.42 Å². The summed E-state index contributed by atoms with van der Waals surface area (Å²) in [5.41, 5.74) is 9.18. The summed E-state index contributed by atoms with van der Waals surface area (Å²) in [6.45, 7) is 0. The third-order valence-corrected chi connectivity index (χ3v) is 10.9. The lowest BCUT2D eigenvalue weighted by Crippen LogP contribution is -2.34. The molecule has 0 aliphatic carbocycles. The van der Waals surface area contributed by atoms with Crippen LogP contribution in [0.25, 0.3) is 76.5 Å². The van der Waals surface area contributed by atoms with Crippen LogP contribution in [0, 0.1) is 0 Å². The lowest BCUT2D eigenvalue weighted by Gasteiger charge is -2.25. The second kappa shape index (κ2) is 12.7. The molecule has 0 amide bonds. The number of nitrogens with zero attached hydrogens (tertiary/aromatic N) is 2. The van der Waals surface area contributed by atoms with E-state index in [1.165, 1.54) is 32.5 Å². The summed E-state index contributed by atoms with van der Waals surface area (Å²) in [6, 6.07) is 66.5. The van der Waals surface area contributed by atoms with Crippen molar-refractivity contribution in [3.63, 3.8) is 0 Å². The number of amidine groups is 2. The molecular weight excluding hydrogens is 671 g/mol. The number of fused-ring (bicyclic) bond motifs is 6. The van der Waals surface area contributed by atoms with Gasteiger partial charge in [0.15, 0.2) is 5.84 Å². The van der Waals surface area contributed by atoms with E-state index in [4.69, 9.17) is 14.4 Å². The molecule has 258 valence electrons. The van der Waals surface area contributed by atoms with E-state index < -0.39 is 6.17 Å². The van der Waals surface area contributed by atoms with E-state index in [2.05, 4.69) is 181 Å². The van der Waals surface area contributed by atoms with E-state index in [-0.39, 0.29) is 0 Å². The topological polar surface area (TPSA) is 49.9 Å². The molecule has 11 rings (SSSR count). The van der Waals surface area contributed by atoms with Crippen LogP contribution in [0.15, 0.2) is 202 Å². The standard InChI is InChI=1S/C51H33N3O/c1-4-12-37-29-40(24-19-32(37)9-1)35-17-22-36(23-18-35)49-52-50(42-26-21-34-11-3-6-14-39(34)31-42)54-51(53-49)48-43(41-25-20-33-10-2-5-13-38(33)30-41)27-28-46-47(48)44-15-7-8-16-45(44)55-46/h1-31,49H,(H,52,53,54). The molecule has 1 N–H and O–H groups in total. The van der Waals surface area contributed by atoms with Crippen LogP contribution in [-0.4, -0.2) is 11.7 Å². The third-order valence-electron chi connectivity index (χ3n) is 10.9. The maximum atomic E-state index is 6.49. The Hall–Kier alpha value is -7.30. The van der Waals surface area contributed by atoms with Crippen LogP contribution in [0.3, 0.4) is 0 Å². The van der Waals surface area contributed by atoms with Crippen molar-refractivity contribution in [2.24, 2.45) is 9.98 Å². The summed E-state index contributed by atoms with van der Waals surface area (Å²) < 4.78 is 6.49. The van der Waals surface area contributed by atoms with Gasteiger partial charge in [-0.25, -0.2) is 9.98 Å². The van der Waals surface area contributed by atoms with Crippen molar-refractivity contribution in [1.82, 2.24) is 5.32 Å². The van der Waals surface area contributed by atoms with Gasteiger partial charge in [0.2, 0.25) is 0 Å². The average molecular weight is 704 g/mol. The van der Waals surface area contributed by atoms with Crippen molar-refractivity contribution in [3.05, 3.63) is 205 Å². The highest BCUT2D eigenvalue weighted by Crippen LogP contribution is 2.39. The fourth-order valence-electron chi connectivity index (χ4n) is 8.09. The maximum Gasteiger partial charge on any atom is 0.159 e. The van der Waals surface area contributed by atoms with Gasteiger partial charge in [-0.1, -0.05) is 152 Å². The van der Waals surface area contributed by atoms with Crippen LogP contribution in [0.4, 0.5) is 0 Å². The predicted molar refractivity (Wildman–Crippen MR) is 229 cm³/mol. The van der Waals surface area contributed by atoms with Gasteiger partial charge in [-0.3, -0.25) is 0 Å². The van der Waals surface area contributed by atoms with Gasteiger partial charge in [-0.15, -0.1) is 0 Å². The predicted octanol–water partition coefficient (Wildman–Crippen LogP) is 12.9. The molecule has 10 aromatic rings. The summed E-state index contributed by atoms with van der Waals surface area (Å²) >= 11 is 0. The summed E-state index contributed by atoms with van der Waals surface area (Å²) in [6.07, 6.45) is -0.391. The average Bonchev–Trinajstić information content (AvgIpc) is 3.64. The molecular formula is C51H33N3O. The Balaban J connectivity index is 1.10. The molecule has 0 radical (unpaired) electrons. The maximum absolute atomic E-state index is 6.49. The largest absolute Gasteiger partial charge is 0.456 e. The number of para-hydroxylation sites is 1. The number of benzene rings is 9. The highest BCUT2D eigenvalue weighted by molar-refractivity contribution is 6.25. The van der Waals surface area contributed by atoms with Crippen molar-refractivity contribution in [1.29, 1.82) is 0 Å². The first-order valence-electron chi connectivity index (χ1n) is 18.7. The molecule has 1 aromatic heterocycles. The van der Waals surface area contributed by atoms with E-state index in [9.17, 15) is 0 Å². The zero-order valence-electron chi connectivity index (χ0n) is 29.8. The van der Waals surface area contributed by atoms with Crippen molar-refractivity contribution in [3.8, 4) is 22.3 Å². The Bertz CT molecular complexity index is 3190. The molecule has 0 saturated carbocycles. The molecule has 55 heavy (non-hydrogen) atoms. The number of hydrogen-bond donors (Lipinski definition) is 1. The first kappa shape index (κ1) is 31.2. The smallest absolute Gasteiger partial charge is 0.159 e. The minimum Gasteiger partial charge on any atom is -0.456 e. The van der Waals surface area contributed by atoms with Gasteiger partial charge >= 0.3 is 0 Å². The second-order valence-electron chi connectivity index (χ2n) is 14.2. The van der Waals surface area contributed by atoms with Crippen LogP contribution >= 0.6 is 0 Å². The van der Waals surface area contributed by atoms with Crippen LogP contribution in [0.1, 0.15) is 22.9 Å². The Morgan fingerprint density at radius 2 is 0.982 bits per heavy atom. The van der Waals surface area contributed by atoms with Crippen LogP contribution < -0.4 is 5.32 Å². The molecule has 2 heterocycles. The second-order valence-corrected chi connectivity index (χ2v) is 14.2. The van der Waals surface area contributed by atoms with Gasteiger partial charge in [0, 0.05) is 21.9 Å². The Kier molecular flexibility index (Phi) is 7.20. The summed E-state index contributed by atoms with van der Waals surface area (Å²) in [5.74, 6) is 1.43. The highest BCUT2D eigenvalue weighted by atomic mass is 16.3. The minimum atomic E-state index is -0.391. The normalized spacial score (nSPS) is 14.4. The molecule has 0 saturated heterocycles. The van der Waals surface area contributed by atoms with E-state index in [0.29, 0.717) is 5.84 Å². The van der Waals surface area contributed by atoms with Crippen LogP contribution in [0.2, 0.25) is 0 Å². The Labute approximate surface area is 317 Å². The fraction of sp³-hybridized carbons (Fsp3) is 0.0196. The van der Waals surface area contributed by atoms with Crippen molar-refractivity contribution in [2.75, 3.05) is 0 Å². The molecule has 0 fully saturated rings. The Morgan fingerprint density at radius 3 is 1.67 bits per heavy atom. The molecule has 4 heteroatoms. The van der Waals surface area contributed by atoms with E-state index in [0.717, 1.165) is 66.5 Å². The van der Waals surface area contributed by atoms with Gasteiger partial charge in [-0.05, 0) is 96.5 Å². The van der Waals surface area contributed by atoms with Crippen molar-refractivity contribution >= 4 is 65.9 Å². The number of rotatable bonds is 5. The van der Waals surface area contributed by atoms with Crippen LogP contribution in [-0.2, 0) is 0 Å². The number of hydrogen-bond acceptors (Lipinski definition) is 4. The molecule has 1 aliphatic heterocycles. The quantitative estimate of drug-likeness (QED) is 0.194. The lowest BCUT2D eigenvalue weighted by molar-refractivity contribution is 0.668. The van der Waals surface area contributed by atoms with Gasteiger partial charge in [-0.2, -0.15) is 0 Å². The first-order valence-corrected chi connectivity index (χ1v) is 18.7. The lowest BCUT2D eigenvalue weighted by atomic mass is 9.92. The van der Waals surface area contributed by atoms with E-state index in [1.54, 1.807) is 0 Å². The summed E-state index contributed by atoms with van der Waals surface area (Å²) in [7, 11) is 0. The van der Waals surface area contributed by atoms with Gasteiger partial charge in [0.1, 0.15) is 23.2 Å². The molecule has 9 aromatic carbocycles. The number of furan rings is 1. The molecule has 0 spiro atoms. The highest BCUT2D eigenvalue weighted by Gasteiger charge is 2.27. The summed E-state index contributed by atoms with van der Waals surface area (Å²) in [5, 5.41) is 13.1. The van der Waals surface area contributed by atoms with Crippen LogP contribution in [0.5, 0.6) is 0 Å². The fourth-order valence-corrected chi connectivity index (χ4v) is 8.09. The molecule has 1 aliphatic rings. The Morgan fingerprint density at radius 1 is 0.436 bits per heavy atom. The van der Waals surface area contributed by atoms with Gasteiger partial charge in [0.05, 0.1) is 0 Å². The number of aliphatic imine (C=N–C) groups is 2. The van der Waals surface area contributed by atoms with E-state index >= 15 is 0 Å². The molecule has 1 unspecified atom stereocenters. The molecule has 0 bridgehead atoms. The van der Waals surface area contributed by atoms with Gasteiger partial charge < -0.3 is 9.73 Å². The zero-order chi connectivity index (χ0) is 36.3. The summed E-state index contributed by atoms with van der Waals surface area (Å²) in [4.78, 5) is 10.7. The van der Waals surface area contributed by atoms with Crippen molar-refractivity contribution in [2.45, 2.75) is 6.17 Å². The van der Waals surface area contributed by atoms with E-state index in [1.807, 2.05) is 12.1 Å².